The van der Waals surface area contributed by atoms with Crippen LogP contribution in [0.15, 0.2) is 54.9 Å². The second-order valence-corrected chi connectivity index (χ2v) is 11.1. The molecule has 0 atom stereocenters. The predicted molar refractivity (Wildman–Crippen MR) is 160 cm³/mol. The molecule has 5 rings (SSSR count). The van der Waals surface area contributed by atoms with Crippen LogP contribution in [0.2, 0.25) is 0 Å². The Labute approximate surface area is 236 Å². The Balaban J connectivity index is 1.49. The number of methoxy groups -OCH3 is 1. The summed E-state index contributed by atoms with van der Waals surface area (Å²) in [5.74, 6) is 0.778. The number of hydrogen-bond acceptors (Lipinski definition) is 6. The van der Waals surface area contributed by atoms with Gasteiger partial charge >= 0.3 is 0 Å². The number of amides is 1. The van der Waals surface area contributed by atoms with E-state index in [-0.39, 0.29) is 17.6 Å². The van der Waals surface area contributed by atoms with E-state index < -0.39 is 0 Å². The molecule has 0 spiro atoms. The van der Waals surface area contributed by atoms with Crippen molar-refractivity contribution in [3.8, 4) is 33.8 Å². The molecule has 1 saturated heterocycles. The summed E-state index contributed by atoms with van der Waals surface area (Å²) in [6.45, 7) is 8.99. The number of nitrogens with one attached hydrogen (secondary N) is 1. The number of aromatic hydroxyl groups is 1. The third-order valence-corrected chi connectivity index (χ3v) is 7.78. The molecule has 0 unspecified atom stereocenters. The number of carbonyl (C=O) groups is 1. The molecule has 3 heterocycles. The van der Waals surface area contributed by atoms with Crippen molar-refractivity contribution < 1.29 is 14.6 Å². The SMILES string of the molecule is COc1ccccc1-c1c[nH]c2ncc(-c3cc(C(=O)N4CCN(CCN(C)C)CC4)c(O)c(C(C)C)c3)cc12. The molecule has 0 bridgehead atoms. The van der Waals surface area contributed by atoms with Crippen LogP contribution in [-0.4, -0.2) is 96.2 Å². The van der Waals surface area contributed by atoms with Crippen LogP contribution in [0.5, 0.6) is 11.5 Å². The van der Waals surface area contributed by atoms with E-state index in [0.717, 1.165) is 70.8 Å². The molecular formula is C32H39N5O3. The van der Waals surface area contributed by atoms with Gasteiger partial charge < -0.3 is 24.6 Å². The van der Waals surface area contributed by atoms with Gasteiger partial charge in [-0.1, -0.05) is 32.0 Å². The molecule has 2 aromatic carbocycles. The van der Waals surface area contributed by atoms with Crippen molar-refractivity contribution in [1.82, 2.24) is 24.7 Å². The first-order chi connectivity index (χ1) is 19.3. The zero-order valence-electron chi connectivity index (χ0n) is 24.1. The number of aromatic nitrogens is 2. The van der Waals surface area contributed by atoms with Gasteiger partial charge in [-0.25, -0.2) is 4.98 Å². The molecule has 8 nitrogen and oxygen atoms in total. The predicted octanol–water partition coefficient (Wildman–Crippen LogP) is 5.05. The lowest BCUT2D eigenvalue weighted by Crippen LogP contribution is -2.50. The highest BCUT2D eigenvalue weighted by Gasteiger charge is 2.26. The molecule has 1 aliphatic heterocycles. The molecule has 4 aromatic rings. The molecule has 0 aliphatic carbocycles. The van der Waals surface area contributed by atoms with Gasteiger partial charge in [-0.3, -0.25) is 9.69 Å². The highest BCUT2D eigenvalue weighted by molar-refractivity contribution is 6.00. The highest BCUT2D eigenvalue weighted by atomic mass is 16.5. The van der Waals surface area contributed by atoms with Crippen molar-refractivity contribution >= 4 is 16.9 Å². The van der Waals surface area contributed by atoms with Gasteiger partial charge in [-0.2, -0.15) is 0 Å². The van der Waals surface area contributed by atoms with E-state index in [4.69, 9.17) is 9.72 Å². The first kappa shape index (κ1) is 27.7. The highest BCUT2D eigenvalue weighted by Crippen LogP contribution is 2.38. The van der Waals surface area contributed by atoms with Crippen LogP contribution in [-0.2, 0) is 0 Å². The number of carbonyl (C=O) groups excluding carboxylic acids is 1. The maximum absolute atomic E-state index is 13.7. The lowest BCUT2D eigenvalue weighted by atomic mass is 9.92. The summed E-state index contributed by atoms with van der Waals surface area (Å²) in [5.41, 5.74) is 5.59. The van der Waals surface area contributed by atoms with Crippen molar-refractivity contribution in [2.24, 2.45) is 0 Å². The number of para-hydroxylation sites is 1. The number of phenols is 1. The Bertz CT molecular complexity index is 1500. The van der Waals surface area contributed by atoms with E-state index in [2.05, 4.69) is 34.9 Å². The van der Waals surface area contributed by atoms with Crippen molar-refractivity contribution in [1.29, 1.82) is 0 Å². The first-order valence-corrected chi connectivity index (χ1v) is 13.9. The van der Waals surface area contributed by atoms with Gasteiger partial charge in [0.1, 0.15) is 17.1 Å². The molecule has 1 amide bonds. The second-order valence-electron chi connectivity index (χ2n) is 11.1. The Morgan fingerprint density at radius 2 is 1.82 bits per heavy atom. The van der Waals surface area contributed by atoms with Crippen molar-refractivity contribution in [2.75, 3.05) is 60.5 Å². The van der Waals surface area contributed by atoms with Crippen LogP contribution in [0, 0.1) is 0 Å². The summed E-state index contributed by atoms with van der Waals surface area (Å²) < 4.78 is 5.61. The molecular weight excluding hydrogens is 502 g/mol. The van der Waals surface area contributed by atoms with Crippen LogP contribution >= 0.6 is 0 Å². The minimum absolute atomic E-state index is 0.0440. The summed E-state index contributed by atoms with van der Waals surface area (Å²) in [4.78, 5) is 28.1. The van der Waals surface area contributed by atoms with Gasteiger partial charge in [0.05, 0.1) is 12.7 Å². The van der Waals surface area contributed by atoms with E-state index in [9.17, 15) is 9.90 Å². The number of fused-ring (bicyclic) bond motifs is 1. The van der Waals surface area contributed by atoms with Crippen LogP contribution < -0.4 is 4.74 Å². The van der Waals surface area contributed by atoms with Gasteiger partial charge in [-0.05, 0) is 55.4 Å². The van der Waals surface area contributed by atoms with Crippen LogP contribution in [0.3, 0.4) is 0 Å². The largest absolute Gasteiger partial charge is 0.507 e. The Morgan fingerprint density at radius 1 is 1.07 bits per heavy atom. The fourth-order valence-corrected chi connectivity index (χ4v) is 5.36. The molecule has 2 N–H and O–H groups in total. The zero-order valence-corrected chi connectivity index (χ0v) is 24.1. The van der Waals surface area contributed by atoms with Crippen molar-refractivity contribution in [2.45, 2.75) is 19.8 Å². The fraction of sp³-hybridized carbons (Fsp3) is 0.375. The molecule has 210 valence electrons. The summed E-state index contributed by atoms with van der Waals surface area (Å²) in [6, 6.07) is 13.8. The number of aromatic amines is 1. The zero-order chi connectivity index (χ0) is 28.4. The lowest BCUT2D eigenvalue weighted by molar-refractivity contribution is 0.0626. The van der Waals surface area contributed by atoms with Gasteiger partial charge in [-0.15, -0.1) is 0 Å². The summed E-state index contributed by atoms with van der Waals surface area (Å²) in [5, 5.41) is 12.2. The third-order valence-electron chi connectivity index (χ3n) is 7.78. The number of phenolic OH excluding ortho intramolecular Hbond substituents is 1. The number of likely N-dealkylation sites (N-methyl/N-ethyl adjacent to an activating group) is 1. The number of benzene rings is 2. The maximum atomic E-state index is 13.7. The average molecular weight is 542 g/mol. The van der Waals surface area contributed by atoms with E-state index in [0.29, 0.717) is 18.7 Å². The van der Waals surface area contributed by atoms with E-state index in [1.165, 1.54) is 0 Å². The second kappa shape index (κ2) is 11.7. The molecule has 2 aromatic heterocycles. The molecule has 8 heteroatoms. The molecule has 0 radical (unpaired) electrons. The number of rotatable bonds is 8. The number of piperazine rings is 1. The Kier molecular flexibility index (Phi) is 8.09. The van der Waals surface area contributed by atoms with Crippen LogP contribution in [0.4, 0.5) is 0 Å². The van der Waals surface area contributed by atoms with E-state index in [1.807, 2.05) is 67.5 Å². The van der Waals surface area contributed by atoms with Crippen molar-refractivity contribution in [3.63, 3.8) is 0 Å². The molecule has 40 heavy (non-hydrogen) atoms. The molecule has 1 fully saturated rings. The Morgan fingerprint density at radius 3 is 2.52 bits per heavy atom. The summed E-state index contributed by atoms with van der Waals surface area (Å²) in [6.07, 6.45) is 3.77. The van der Waals surface area contributed by atoms with Crippen molar-refractivity contribution in [3.05, 3.63) is 66.0 Å². The Hall–Kier alpha value is -3.88. The summed E-state index contributed by atoms with van der Waals surface area (Å²) >= 11 is 0. The number of H-pyrrole nitrogens is 1. The quantitative estimate of drug-likeness (QED) is 0.325. The molecule has 0 saturated carbocycles. The van der Waals surface area contributed by atoms with Gasteiger partial charge in [0.15, 0.2) is 0 Å². The van der Waals surface area contributed by atoms with Gasteiger partial charge in [0.2, 0.25) is 0 Å². The summed E-state index contributed by atoms with van der Waals surface area (Å²) in [7, 11) is 5.82. The van der Waals surface area contributed by atoms with E-state index >= 15 is 0 Å². The number of pyridine rings is 1. The first-order valence-electron chi connectivity index (χ1n) is 13.9. The smallest absolute Gasteiger partial charge is 0.257 e. The lowest BCUT2D eigenvalue weighted by Gasteiger charge is -2.35. The van der Waals surface area contributed by atoms with E-state index in [1.54, 1.807) is 7.11 Å². The normalized spacial score (nSPS) is 14.4. The number of ether oxygens (including phenoxy) is 1. The monoisotopic (exact) mass is 541 g/mol. The van der Waals surface area contributed by atoms with Crippen LogP contribution in [0.25, 0.3) is 33.3 Å². The topological polar surface area (TPSA) is 84.9 Å². The average Bonchev–Trinajstić information content (AvgIpc) is 3.39. The maximum Gasteiger partial charge on any atom is 0.257 e. The van der Waals surface area contributed by atoms with Crippen LogP contribution in [0.1, 0.15) is 35.7 Å². The number of nitrogens with zero attached hydrogens (tertiary/aromatic N) is 4. The third kappa shape index (κ3) is 5.55. The molecule has 1 aliphatic rings. The minimum Gasteiger partial charge on any atom is -0.507 e. The standard InChI is InChI=1S/C32H39N5O3/c1-21(2)25-16-22(17-27(30(25)38)32(39)37-14-12-36(13-15-37)11-10-35(3)4)23-18-26-28(20-34-31(26)33-19-23)24-8-6-7-9-29(24)40-5/h6-9,16-21,38H,10-15H2,1-5H3,(H,33,34). The van der Waals surface area contributed by atoms with Gasteiger partial charge in [0.25, 0.3) is 5.91 Å². The van der Waals surface area contributed by atoms with Gasteiger partial charge in [0, 0.05) is 73.7 Å². The fourth-order valence-electron chi connectivity index (χ4n) is 5.36. The number of hydrogen-bond donors (Lipinski definition) is 2. The minimum atomic E-state index is -0.126.